The van der Waals surface area contributed by atoms with E-state index in [1.807, 2.05) is 6.07 Å². The van der Waals surface area contributed by atoms with E-state index in [4.69, 9.17) is 5.73 Å². The van der Waals surface area contributed by atoms with E-state index in [-0.39, 0.29) is 5.54 Å². The minimum absolute atomic E-state index is 0.286. The van der Waals surface area contributed by atoms with E-state index in [1.165, 1.54) is 38.5 Å². The third-order valence-electron chi connectivity index (χ3n) is 5.45. The van der Waals surface area contributed by atoms with Gasteiger partial charge in [-0.05, 0) is 62.3 Å². The Labute approximate surface area is 114 Å². The largest absolute Gasteiger partial charge is 0.363 e. The molecule has 4 aliphatic carbocycles. The van der Waals surface area contributed by atoms with Crippen LogP contribution in [-0.2, 0) is 6.54 Å². The van der Waals surface area contributed by atoms with Gasteiger partial charge in [0.05, 0.1) is 6.20 Å². The van der Waals surface area contributed by atoms with Gasteiger partial charge in [0, 0.05) is 17.6 Å². The van der Waals surface area contributed by atoms with Crippen LogP contribution in [0.4, 0.5) is 5.82 Å². The maximum atomic E-state index is 5.81. The Kier molecular flexibility index (Phi) is 2.56. The van der Waals surface area contributed by atoms with Gasteiger partial charge in [0.2, 0.25) is 0 Å². The zero-order valence-corrected chi connectivity index (χ0v) is 11.3. The minimum Gasteiger partial charge on any atom is -0.363 e. The molecule has 0 radical (unpaired) electrons. The average Bonchev–Trinajstić information content (AvgIpc) is 2.37. The molecule has 1 heterocycles. The summed E-state index contributed by atoms with van der Waals surface area (Å²) in [6, 6.07) is 1.98. The molecule has 1 aromatic rings. The monoisotopic (exact) mass is 258 g/mol. The molecule has 0 unspecified atom stereocenters. The van der Waals surface area contributed by atoms with Gasteiger partial charge in [-0.3, -0.25) is 0 Å². The van der Waals surface area contributed by atoms with Crippen molar-refractivity contribution in [2.75, 3.05) is 5.32 Å². The first-order valence-corrected chi connectivity index (χ1v) is 7.55. The van der Waals surface area contributed by atoms with Crippen molar-refractivity contribution in [1.82, 2.24) is 10.2 Å². The predicted octanol–water partition coefficient (Wildman–Crippen LogP) is 2.32. The quantitative estimate of drug-likeness (QED) is 0.873. The van der Waals surface area contributed by atoms with Gasteiger partial charge >= 0.3 is 0 Å². The zero-order chi connectivity index (χ0) is 12.9. The van der Waals surface area contributed by atoms with Crippen LogP contribution < -0.4 is 11.1 Å². The van der Waals surface area contributed by atoms with Crippen LogP contribution in [-0.4, -0.2) is 15.7 Å². The molecule has 4 fully saturated rings. The minimum atomic E-state index is 0.286. The van der Waals surface area contributed by atoms with Crippen molar-refractivity contribution in [3.63, 3.8) is 0 Å². The fourth-order valence-corrected chi connectivity index (χ4v) is 5.14. The maximum Gasteiger partial charge on any atom is 0.153 e. The summed E-state index contributed by atoms with van der Waals surface area (Å²) >= 11 is 0. The van der Waals surface area contributed by atoms with Gasteiger partial charge in [-0.25, -0.2) is 0 Å². The number of nitrogens with one attached hydrogen (secondary N) is 1. The molecular formula is C15H22N4. The molecule has 3 N–H and O–H groups in total. The first kappa shape index (κ1) is 11.6. The highest BCUT2D eigenvalue weighted by Gasteiger charge is 2.51. The van der Waals surface area contributed by atoms with Gasteiger partial charge in [-0.2, -0.15) is 5.10 Å². The molecule has 0 aromatic carbocycles. The van der Waals surface area contributed by atoms with Crippen LogP contribution in [0.1, 0.15) is 44.1 Å². The first-order valence-electron chi connectivity index (χ1n) is 7.55. The van der Waals surface area contributed by atoms with E-state index in [1.54, 1.807) is 6.20 Å². The lowest BCUT2D eigenvalue weighted by molar-refractivity contribution is 0.0105. The van der Waals surface area contributed by atoms with Crippen LogP contribution in [0.25, 0.3) is 0 Å². The zero-order valence-electron chi connectivity index (χ0n) is 11.3. The molecule has 0 saturated heterocycles. The van der Waals surface area contributed by atoms with Gasteiger partial charge in [0.15, 0.2) is 5.82 Å². The number of hydrogen-bond acceptors (Lipinski definition) is 4. The summed E-state index contributed by atoms with van der Waals surface area (Å²) in [5, 5.41) is 12.1. The Morgan fingerprint density at radius 2 is 1.79 bits per heavy atom. The van der Waals surface area contributed by atoms with Crippen LogP contribution in [0, 0.1) is 17.8 Å². The van der Waals surface area contributed by atoms with E-state index < -0.39 is 0 Å². The highest BCUT2D eigenvalue weighted by Crippen LogP contribution is 2.56. The first-order chi connectivity index (χ1) is 9.26. The van der Waals surface area contributed by atoms with Crippen molar-refractivity contribution >= 4 is 5.82 Å². The molecule has 4 saturated carbocycles. The van der Waals surface area contributed by atoms with E-state index in [0.717, 1.165) is 29.1 Å². The summed E-state index contributed by atoms with van der Waals surface area (Å²) in [4.78, 5) is 0. The lowest BCUT2D eigenvalue weighted by Gasteiger charge is -2.57. The fraction of sp³-hybridized carbons (Fsp3) is 0.733. The van der Waals surface area contributed by atoms with Gasteiger partial charge < -0.3 is 11.1 Å². The van der Waals surface area contributed by atoms with E-state index >= 15 is 0 Å². The van der Waals surface area contributed by atoms with Crippen LogP contribution in [0.15, 0.2) is 12.3 Å². The Morgan fingerprint density at radius 1 is 1.16 bits per heavy atom. The Balaban J connectivity index is 1.62. The third-order valence-corrected chi connectivity index (χ3v) is 5.45. The highest BCUT2D eigenvalue weighted by molar-refractivity contribution is 5.45. The Bertz CT molecular complexity index is 450. The fourth-order valence-electron chi connectivity index (χ4n) is 5.14. The molecule has 0 spiro atoms. The number of hydrogen-bond donors (Lipinski definition) is 2. The van der Waals surface area contributed by atoms with Gasteiger partial charge in [0.1, 0.15) is 0 Å². The van der Waals surface area contributed by atoms with Crippen molar-refractivity contribution in [1.29, 1.82) is 0 Å². The molecule has 4 aliphatic rings. The van der Waals surface area contributed by atoms with E-state index in [0.29, 0.717) is 6.54 Å². The molecular weight excluding hydrogens is 236 g/mol. The lowest BCUT2D eigenvalue weighted by Crippen LogP contribution is -2.55. The van der Waals surface area contributed by atoms with E-state index in [2.05, 4.69) is 15.5 Å². The van der Waals surface area contributed by atoms with Crippen LogP contribution >= 0.6 is 0 Å². The van der Waals surface area contributed by atoms with Gasteiger partial charge in [0.25, 0.3) is 0 Å². The second-order valence-corrected chi connectivity index (χ2v) is 6.93. The number of nitrogens with zero attached hydrogens (tertiary/aromatic N) is 2. The summed E-state index contributed by atoms with van der Waals surface area (Å²) in [5.74, 6) is 3.75. The molecule has 4 nitrogen and oxygen atoms in total. The predicted molar refractivity (Wildman–Crippen MR) is 74.4 cm³/mol. The highest BCUT2D eigenvalue weighted by atomic mass is 15.2. The molecule has 4 heteroatoms. The van der Waals surface area contributed by atoms with Crippen molar-refractivity contribution in [2.45, 2.75) is 50.6 Å². The van der Waals surface area contributed by atoms with Crippen LogP contribution in [0.5, 0.6) is 0 Å². The summed E-state index contributed by atoms with van der Waals surface area (Å²) in [5.41, 5.74) is 7.18. The summed E-state index contributed by atoms with van der Waals surface area (Å²) < 4.78 is 0. The second kappa shape index (κ2) is 4.17. The van der Waals surface area contributed by atoms with Crippen molar-refractivity contribution < 1.29 is 0 Å². The lowest BCUT2D eigenvalue weighted by atomic mass is 9.53. The molecule has 0 atom stereocenters. The summed E-state index contributed by atoms with van der Waals surface area (Å²) in [6.45, 7) is 0.532. The number of aromatic nitrogens is 2. The smallest absolute Gasteiger partial charge is 0.153 e. The standard InChI is InChI=1S/C15H22N4/c16-9-13-1-2-17-19-14(13)18-15-6-10-3-11(7-15)5-12(4-10)8-15/h1-2,10-12H,3-9,16H2,(H,18,19). The van der Waals surface area contributed by atoms with Crippen molar-refractivity contribution in [3.05, 3.63) is 17.8 Å². The van der Waals surface area contributed by atoms with Crippen molar-refractivity contribution in [2.24, 2.45) is 23.5 Å². The number of rotatable bonds is 3. The molecule has 102 valence electrons. The Morgan fingerprint density at radius 3 is 2.37 bits per heavy atom. The molecule has 4 bridgehead atoms. The van der Waals surface area contributed by atoms with Gasteiger partial charge in [-0.15, -0.1) is 5.10 Å². The number of nitrogens with two attached hydrogens (primary N) is 1. The normalized spacial score (nSPS) is 39.5. The summed E-state index contributed by atoms with van der Waals surface area (Å²) in [7, 11) is 0. The SMILES string of the molecule is NCc1ccnnc1NC12CC3CC(CC(C3)C1)C2. The molecule has 0 amide bonds. The molecule has 1 aromatic heterocycles. The molecule has 19 heavy (non-hydrogen) atoms. The topological polar surface area (TPSA) is 63.8 Å². The summed E-state index contributed by atoms with van der Waals surface area (Å²) in [6.07, 6.45) is 10.1. The van der Waals surface area contributed by atoms with Crippen LogP contribution in [0.3, 0.4) is 0 Å². The molecule has 5 rings (SSSR count). The van der Waals surface area contributed by atoms with Crippen LogP contribution in [0.2, 0.25) is 0 Å². The molecule has 0 aliphatic heterocycles. The van der Waals surface area contributed by atoms with E-state index in [9.17, 15) is 0 Å². The average molecular weight is 258 g/mol. The second-order valence-electron chi connectivity index (χ2n) is 6.93. The Hall–Kier alpha value is -1.16. The van der Waals surface area contributed by atoms with Crippen molar-refractivity contribution in [3.8, 4) is 0 Å². The maximum absolute atomic E-state index is 5.81. The third kappa shape index (κ3) is 1.93. The number of anilines is 1. The van der Waals surface area contributed by atoms with Gasteiger partial charge in [-0.1, -0.05) is 0 Å².